The van der Waals surface area contributed by atoms with E-state index in [0.29, 0.717) is 5.75 Å². The van der Waals surface area contributed by atoms with Crippen LogP contribution in [0.1, 0.15) is 36.4 Å². The number of likely N-dealkylation sites (tertiary alicyclic amines) is 1. The van der Waals surface area contributed by atoms with Gasteiger partial charge in [0.2, 0.25) is 0 Å². The molecular weight excluding hydrogens is 386 g/mol. The summed E-state index contributed by atoms with van der Waals surface area (Å²) in [6, 6.07) is 20.2. The molecule has 6 heteroatoms. The monoisotopic (exact) mass is 409 g/mol. The molecule has 0 unspecified atom stereocenters. The fourth-order valence-electron chi connectivity index (χ4n) is 3.66. The number of hydrogen-bond donors (Lipinski definition) is 0. The third-order valence-electron chi connectivity index (χ3n) is 5.14. The van der Waals surface area contributed by atoms with Gasteiger partial charge in [-0.05, 0) is 24.0 Å². The Morgan fingerprint density at radius 1 is 1.04 bits per heavy atom. The van der Waals surface area contributed by atoms with Gasteiger partial charge in [-0.15, -0.1) is 0 Å². The van der Waals surface area contributed by atoms with Crippen molar-refractivity contribution in [3.8, 4) is 0 Å². The molecule has 2 aromatic carbocycles. The molecule has 0 N–H and O–H groups in total. The zero-order valence-corrected chi connectivity index (χ0v) is 17.3. The molecule has 2 heterocycles. The van der Waals surface area contributed by atoms with Crippen LogP contribution < -0.4 is 0 Å². The van der Waals surface area contributed by atoms with Gasteiger partial charge in [-0.25, -0.2) is 5.01 Å². The van der Waals surface area contributed by atoms with E-state index in [-0.39, 0.29) is 11.9 Å². The van der Waals surface area contributed by atoms with Gasteiger partial charge in [0.15, 0.2) is 0 Å². The molecule has 4 rings (SSSR count). The second-order valence-corrected chi connectivity index (χ2v) is 8.64. The minimum absolute atomic E-state index is 0.00586. The van der Waals surface area contributed by atoms with E-state index in [2.05, 4.69) is 17.0 Å². The van der Waals surface area contributed by atoms with Crippen molar-refractivity contribution in [1.82, 2.24) is 9.91 Å². The molecule has 1 atom stereocenters. The van der Waals surface area contributed by atoms with E-state index in [4.69, 9.17) is 17.3 Å². The Bertz CT molecular complexity index is 864. The van der Waals surface area contributed by atoms with E-state index >= 15 is 0 Å². The summed E-state index contributed by atoms with van der Waals surface area (Å²) in [5.74, 6) is 0.330. The van der Waals surface area contributed by atoms with Crippen LogP contribution in [0.4, 0.5) is 0 Å². The van der Waals surface area contributed by atoms with Gasteiger partial charge in [-0.1, -0.05) is 84.6 Å². The van der Waals surface area contributed by atoms with Crippen LogP contribution in [0.15, 0.2) is 65.8 Å². The molecule has 1 fully saturated rings. The number of carbonyl (C=O) groups is 1. The number of benzene rings is 2. The highest BCUT2D eigenvalue weighted by atomic mass is 32.2. The van der Waals surface area contributed by atoms with Crippen LogP contribution in [0, 0.1) is 0 Å². The number of hydrogen-bond acceptors (Lipinski definition) is 4. The average molecular weight is 410 g/mol. The van der Waals surface area contributed by atoms with Crippen LogP contribution in [-0.4, -0.2) is 44.7 Å². The van der Waals surface area contributed by atoms with Gasteiger partial charge in [0.05, 0.1) is 17.5 Å². The molecule has 0 spiro atoms. The molecule has 0 radical (unpaired) electrons. The largest absolute Gasteiger partial charge is 0.358 e. The van der Waals surface area contributed by atoms with Crippen LogP contribution in [0.3, 0.4) is 0 Å². The highest BCUT2D eigenvalue weighted by Gasteiger charge is 2.33. The topological polar surface area (TPSA) is 35.9 Å². The molecule has 28 heavy (non-hydrogen) atoms. The second kappa shape index (κ2) is 8.88. The molecule has 2 aliphatic rings. The summed E-state index contributed by atoms with van der Waals surface area (Å²) >= 11 is 6.97. The standard InChI is InChI=1S/C22H23N3OS2/c26-21(16-28-22(27)24-13-7-8-14-24)25-20(18-11-5-2-6-12-18)15-19(23-25)17-9-3-1-4-10-17/h1-6,9-12,20H,7-8,13-16H2/t20-/m0/s1. The maximum atomic E-state index is 13.0. The van der Waals surface area contributed by atoms with E-state index in [1.165, 1.54) is 24.6 Å². The van der Waals surface area contributed by atoms with E-state index < -0.39 is 0 Å². The van der Waals surface area contributed by atoms with Crippen LogP contribution in [0.5, 0.6) is 0 Å². The molecule has 0 aliphatic carbocycles. The Hall–Kier alpha value is -2.18. The molecule has 4 nitrogen and oxygen atoms in total. The first-order chi connectivity index (χ1) is 13.7. The van der Waals surface area contributed by atoms with Crippen molar-refractivity contribution >= 4 is 39.9 Å². The number of thiocarbonyl (C=S) groups is 1. The predicted molar refractivity (Wildman–Crippen MR) is 119 cm³/mol. The lowest BCUT2D eigenvalue weighted by molar-refractivity contribution is -0.130. The zero-order valence-electron chi connectivity index (χ0n) is 15.7. The SMILES string of the molecule is O=C(CSC(=S)N1CCCC1)N1N=C(c2ccccc2)C[C@H]1c1ccccc1. The molecule has 1 saturated heterocycles. The maximum absolute atomic E-state index is 13.0. The van der Waals surface area contributed by atoms with Gasteiger partial charge in [0, 0.05) is 19.5 Å². The lowest BCUT2D eigenvalue weighted by Crippen LogP contribution is -2.30. The number of nitrogens with zero attached hydrogens (tertiary/aromatic N) is 3. The first kappa shape index (κ1) is 19.2. The van der Waals surface area contributed by atoms with Gasteiger partial charge in [-0.3, -0.25) is 4.79 Å². The molecule has 0 aromatic heterocycles. The van der Waals surface area contributed by atoms with E-state index in [9.17, 15) is 4.79 Å². The Kier molecular flexibility index (Phi) is 6.07. The Balaban J connectivity index is 1.51. The third-order valence-corrected chi connectivity index (χ3v) is 6.65. The van der Waals surface area contributed by atoms with Gasteiger partial charge in [0.25, 0.3) is 5.91 Å². The van der Waals surface area contributed by atoms with Crippen molar-refractivity contribution in [3.63, 3.8) is 0 Å². The molecule has 144 valence electrons. The average Bonchev–Trinajstić information content (AvgIpc) is 3.43. The number of hydrazone groups is 1. The van der Waals surface area contributed by atoms with E-state index in [1.54, 1.807) is 5.01 Å². The molecule has 2 aromatic rings. The van der Waals surface area contributed by atoms with Gasteiger partial charge in [-0.2, -0.15) is 5.10 Å². The van der Waals surface area contributed by atoms with Crippen molar-refractivity contribution in [2.45, 2.75) is 25.3 Å². The first-order valence-corrected chi connectivity index (χ1v) is 11.0. The molecular formula is C22H23N3OS2. The lowest BCUT2D eigenvalue weighted by Gasteiger charge is -2.23. The highest BCUT2D eigenvalue weighted by Crippen LogP contribution is 2.33. The molecule has 2 aliphatic heterocycles. The van der Waals surface area contributed by atoms with E-state index in [1.807, 2.05) is 48.5 Å². The van der Waals surface area contributed by atoms with Crippen LogP contribution in [-0.2, 0) is 4.79 Å². The second-order valence-electron chi connectivity index (χ2n) is 7.03. The minimum Gasteiger partial charge on any atom is -0.358 e. The summed E-state index contributed by atoms with van der Waals surface area (Å²) in [5.41, 5.74) is 3.13. The summed E-state index contributed by atoms with van der Waals surface area (Å²) in [5, 5.41) is 6.39. The maximum Gasteiger partial charge on any atom is 0.253 e. The number of carbonyl (C=O) groups excluding carboxylic acids is 1. The summed E-state index contributed by atoms with van der Waals surface area (Å²) in [4.78, 5) is 15.2. The normalized spacial score (nSPS) is 19.0. The molecule has 1 amide bonds. The van der Waals surface area contributed by atoms with Crippen molar-refractivity contribution in [2.75, 3.05) is 18.8 Å². The summed E-state index contributed by atoms with van der Waals surface area (Å²) in [6.45, 7) is 2.01. The first-order valence-electron chi connectivity index (χ1n) is 9.64. The van der Waals surface area contributed by atoms with Gasteiger partial charge >= 0.3 is 0 Å². The quantitative estimate of drug-likeness (QED) is 0.698. The van der Waals surface area contributed by atoms with Gasteiger partial charge in [0.1, 0.15) is 4.32 Å². The smallest absolute Gasteiger partial charge is 0.253 e. The van der Waals surface area contributed by atoms with Crippen LogP contribution >= 0.6 is 24.0 Å². The highest BCUT2D eigenvalue weighted by molar-refractivity contribution is 8.23. The van der Waals surface area contributed by atoms with Crippen molar-refractivity contribution < 1.29 is 4.79 Å². The lowest BCUT2D eigenvalue weighted by atomic mass is 9.98. The molecule has 0 bridgehead atoms. The zero-order chi connectivity index (χ0) is 19.3. The Labute approximate surface area is 175 Å². The van der Waals surface area contributed by atoms with Crippen LogP contribution in [0.2, 0.25) is 0 Å². The fraction of sp³-hybridized carbons (Fsp3) is 0.318. The van der Waals surface area contributed by atoms with Gasteiger partial charge < -0.3 is 4.90 Å². The fourth-order valence-corrected chi connectivity index (χ4v) is 4.76. The summed E-state index contributed by atoms with van der Waals surface area (Å²) < 4.78 is 0.827. The van der Waals surface area contributed by atoms with Crippen molar-refractivity contribution in [2.24, 2.45) is 5.10 Å². The Morgan fingerprint density at radius 2 is 1.68 bits per heavy atom. The van der Waals surface area contributed by atoms with Crippen molar-refractivity contribution in [1.29, 1.82) is 0 Å². The van der Waals surface area contributed by atoms with E-state index in [0.717, 1.165) is 40.7 Å². The molecule has 0 saturated carbocycles. The van der Waals surface area contributed by atoms with Crippen molar-refractivity contribution in [3.05, 3.63) is 71.8 Å². The Morgan fingerprint density at radius 3 is 2.36 bits per heavy atom. The summed E-state index contributed by atoms with van der Waals surface area (Å²) in [7, 11) is 0. The number of thioether (sulfide) groups is 1. The minimum atomic E-state index is -0.0649. The summed E-state index contributed by atoms with van der Waals surface area (Å²) in [6.07, 6.45) is 3.09. The number of rotatable bonds is 4. The van der Waals surface area contributed by atoms with Crippen LogP contribution in [0.25, 0.3) is 0 Å². The predicted octanol–water partition coefficient (Wildman–Crippen LogP) is 4.48. The third kappa shape index (κ3) is 4.28. The number of amides is 1.